The van der Waals surface area contributed by atoms with E-state index in [2.05, 4.69) is 6.92 Å². The Hall–Kier alpha value is -1.55. The predicted octanol–water partition coefficient (Wildman–Crippen LogP) is -5.27. The molecule has 3 saturated heterocycles. The molecule has 352 valence electrons. The van der Waals surface area contributed by atoms with Crippen molar-refractivity contribution in [3.05, 3.63) is 12.2 Å². The number of aliphatic carboxylic acids is 1. The fraction of sp³-hybridized carbons (Fsp3) is 0.923. The van der Waals surface area contributed by atoms with E-state index in [-0.39, 0.29) is 6.42 Å². The average molecular weight is 873 g/mol. The molecule has 0 amide bonds. The molecular weight excluding hydrogens is 800 g/mol. The Morgan fingerprint density at radius 1 is 0.750 bits per heavy atom. The van der Waals surface area contributed by atoms with E-state index in [0.717, 1.165) is 44.6 Å². The van der Waals surface area contributed by atoms with Crippen LogP contribution in [0, 0.1) is 0 Å². The lowest BCUT2D eigenvalue weighted by atomic mass is 9.55. The molecule has 3 aliphatic rings. The smallest absolute Gasteiger partial charge is 0.338 e. The molecule has 0 aromatic rings. The second kappa shape index (κ2) is 23.4. The van der Waals surface area contributed by atoms with E-state index < -0.39 is 147 Å². The highest BCUT2D eigenvalue weighted by Crippen LogP contribution is 2.52. The highest BCUT2D eigenvalue weighted by atomic mass is 16.6. The fourth-order valence-corrected chi connectivity index (χ4v) is 8.88. The van der Waals surface area contributed by atoms with Crippen LogP contribution in [-0.2, 0) is 19.0 Å². The number of nitrogens with two attached hydrogens (primary N) is 2. The molecule has 3 fully saturated rings. The minimum absolute atomic E-state index is 0.237. The SMILES string of the molecule is CCCCCCCCCCCCC/C=C/[C@@H](O)[C@](N)(C1(C(=O)O)C[C@H](O)[C@@H](N)[C@H]([C@H](O)[C@H](O)CO)O1)C(O)(C1O[C@H](CO)[C@H](O)[C@H](O)[C@H]1O)C1O[C@H](CO)[C@@H](O)[C@H](O)[C@H]1O. The molecule has 3 heterocycles. The van der Waals surface area contributed by atoms with Gasteiger partial charge in [0, 0.05) is 6.42 Å². The summed E-state index contributed by atoms with van der Waals surface area (Å²) in [5.41, 5.74) is 2.25. The summed E-state index contributed by atoms with van der Waals surface area (Å²) in [7, 11) is 0. The van der Waals surface area contributed by atoms with Crippen LogP contribution >= 0.6 is 0 Å². The van der Waals surface area contributed by atoms with Gasteiger partial charge in [0.15, 0.2) is 5.60 Å². The van der Waals surface area contributed by atoms with Gasteiger partial charge >= 0.3 is 5.97 Å². The number of aliphatic hydroxyl groups is 14. The molecule has 0 aromatic carbocycles. The summed E-state index contributed by atoms with van der Waals surface area (Å²) in [6.45, 7) is -1.24. The minimum atomic E-state index is -3.81. The molecular formula is C39H72N2O19. The topological polar surface area (TPSA) is 400 Å². The van der Waals surface area contributed by atoms with Gasteiger partial charge in [-0.15, -0.1) is 0 Å². The van der Waals surface area contributed by atoms with Crippen molar-refractivity contribution in [3.63, 3.8) is 0 Å². The van der Waals surface area contributed by atoms with Gasteiger partial charge in [-0.2, -0.15) is 0 Å². The first-order valence-electron chi connectivity index (χ1n) is 21.1. The molecule has 19 atom stereocenters. The third-order valence-corrected chi connectivity index (χ3v) is 12.7. The maximum absolute atomic E-state index is 13.9. The third kappa shape index (κ3) is 10.7. The van der Waals surface area contributed by atoms with Gasteiger partial charge in [-0.3, -0.25) is 0 Å². The summed E-state index contributed by atoms with van der Waals surface area (Å²) in [6, 6.07) is -1.75. The van der Waals surface area contributed by atoms with Crippen molar-refractivity contribution >= 4 is 5.97 Å². The first kappa shape index (κ1) is 52.8. The van der Waals surface area contributed by atoms with E-state index in [1.165, 1.54) is 31.8 Å². The van der Waals surface area contributed by atoms with Crippen molar-refractivity contribution in [2.24, 2.45) is 11.5 Å². The van der Waals surface area contributed by atoms with Gasteiger partial charge in [0.2, 0.25) is 0 Å². The van der Waals surface area contributed by atoms with Gasteiger partial charge in [0.25, 0.3) is 0 Å². The van der Waals surface area contributed by atoms with Crippen molar-refractivity contribution < 1.29 is 95.6 Å². The van der Waals surface area contributed by atoms with E-state index >= 15 is 0 Å². The van der Waals surface area contributed by atoms with Gasteiger partial charge in [-0.05, 0) is 12.8 Å². The Bertz CT molecular complexity index is 1280. The number of carboxylic acids is 1. The van der Waals surface area contributed by atoms with Crippen molar-refractivity contribution in [1.29, 1.82) is 0 Å². The zero-order chi connectivity index (χ0) is 45.2. The van der Waals surface area contributed by atoms with Crippen LogP contribution in [0.4, 0.5) is 0 Å². The summed E-state index contributed by atoms with van der Waals surface area (Å²) in [6.07, 6.45) is -21.8. The average Bonchev–Trinajstić information content (AvgIpc) is 3.23. The highest BCUT2D eigenvalue weighted by Gasteiger charge is 2.78. The van der Waals surface area contributed by atoms with E-state index in [1.54, 1.807) is 0 Å². The zero-order valence-electron chi connectivity index (χ0n) is 34.2. The summed E-state index contributed by atoms with van der Waals surface area (Å²) in [5.74, 6) is -2.21. The molecule has 0 radical (unpaired) electrons. The Labute approximate surface area is 349 Å². The number of hydrogen-bond donors (Lipinski definition) is 17. The van der Waals surface area contributed by atoms with Crippen LogP contribution in [0.1, 0.15) is 90.4 Å². The Morgan fingerprint density at radius 3 is 1.62 bits per heavy atom. The number of hydrogen-bond acceptors (Lipinski definition) is 20. The van der Waals surface area contributed by atoms with Crippen molar-refractivity contribution in [2.75, 3.05) is 19.8 Å². The molecule has 0 bridgehead atoms. The van der Waals surface area contributed by atoms with Crippen LogP contribution in [-0.4, -0.2) is 217 Å². The molecule has 0 aromatic heterocycles. The lowest BCUT2D eigenvalue weighted by Crippen LogP contribution is -2.91. The molecule has 19 N–H and O–H groups in total. The standard InChI is InChI=1S/C39H72N2O19/c1-2-3-4-5-6-7-8-9-10-11-12-13-14-15-24(47)39(41,37(36(55)56)16-20(45)25(40)33(60-37)26(48)21(46)17-42)38(57,34-31(53)29(51)27(49)22(18-43)58-34)35-32(54)30(52)28(50)23(19-44)59-35/h14-15,20-35,42-54,57H,2-13,16-19,40-41H2,1H3,(H,55,56)/b15-14+/t20-,21+,22+,23+,24+,25+,26+,27-,28+,29-,30-,31+,32+,33+,34?,35?,37?,38?,39-/m0/s1. The molecule has 3 aliphatic heterocycles. The van der Waals surface area contributed by atoms with Gasteiger partial charge in [0.05, 0.1) is 38.1 Å². The molecule has 21 nitrogen and oxygen atoms in total. The zero-order valence-corrected chi connectivity index (χ0v) is 34.2. The number of aliphatic hydroxyl groups excluding tert-OH is 13. The van der Waals surface area contributed by atoms with Crippen molar-refractivity contribution in [2.45, 2.75) is 205 Å². The van der Waals surface area contributed by atoms with Crippen molar-refractivity contribution in [3.8, 4) is 0 Å². The Kier molecular flexibility index (Phi) is 20.6. The van der Waals surface area contributed by atoms with E-state index in [1.807, 2.05) is 0 Å². The van der Waals surface area contributed by atoms with Crippen LogP contribution < -0.4 is 11.5 Å². The summed E-state index contributed by atoms with van der Waals surface area (Å²) in [5, 5.41) is 166. The second-order valence-corrected chi connectivity index (χ2v) is 16.7. The molecule has 0 spiro atoms. The van der Waals surface area contributed by atoms with Gasteiger partial charge in [0.1, 0.15) is 90.5 Å². The van der Waals surface area contributed by atoms with Crippen molar-refractivity contribution in [1.82, 2.24) is 0 Å². The molecule has 4 unspecified atom stereocenters. The number of unbranched alkanes of at least 4 members (excludes halogenated alkanes) is 11. The summed E-state index contributed by atoms with van der Waals surface area (Å²) in [4.78, 5) is 13.9. The third-order valence-electron chi connectivity index (χ3n) is 12.7. The number of carboxylic acid groups (broad SMARTS) is 1. The predicted molar refractivity (Wildman–Crippen MR) is 209 cm³/mol. The summed E-state index contributed by atoms with van der Waals surface area (Å²) >= 11 is 0. The molecule has 60 heavy (non-hydrogen) atoms. The number of ether oxygens (including phenoxy) is 3. The quantitative estimate of drug-likeness (QED) is 0.0318. The summed E-state index contributed by atoms with van der Waals surface area (Å²) < 4.78 is 17.3. The number of rotatable bonds is 24. The number of carbonyl (C=O) groups is 1. The lowest BCUT2D eigenvalue weighted by molar-refractivity contribution is -0.362. The maximum atomic E-state index is 13.9. The maximum Gasteiger partial charge on any atom is 0.338 e. The van der Waals surface area contributed by atoms with Gasteiger partial charge < -0.3 is 102 Å². The van der Waals surface area contributed by atoms with Crippen LogP contribution in [0.5, 0.6) is 0 Å². The molecule has 21 heteroatoms. The van der Waals surface area contributed by atoms with E-state index in [9.17, 15) is 81.4 Å². The monoisotopic (exact) mass is 872 g/mol. The van der Waals surface area contributed by atoms with Crippen LogP contribution in [0.15, 0.2) is 12.2 Å². The first-order valence-corrected chi connectivity index (χ1v) is 21.1. The van der Waals surface area contributed by atoms with Gasteiger partial charge in [-0.25, -0.2) is 4.79 Å². The van der Waals surface area contributed by atoms with Gasteiger partial charge in [-0.1, -0.05) is 83.3 Å². The van der Waals surface area contributed by atoms with E-state index in [4.69, 9.17) is 25.7 Å². The molecule has 3 rings (SSSR count). The fourth-order valence-electron chi connectivity index (χ4n) is 8.88. The van der Waals surface area contributed by atoms with E-state index in [0.29, 0.717) is 6.42 Å². The van der Waals surface area contributed by atoms with Crippen LogP contribution in [0.25, 0.3) is 0 Å². The number of allylic oxidation sites excluding steroid dienone is 1. The largest absolute Gasteiger partial charge is 0.479 e. The lowest BCUT2D eigenvalue weighted by Gasteiger charge is -2.64. The normalized spacial score (nSPS) is 38.9. The van der Waals surface area contributed by atoms with Crippen LogP contribution in [0.3, 0.4) is 0 Å². The Balaban J connectivity index is 2.22. The molecule has 0 aliphatic carbocycles. The minimum Gasteiger partial charge on any atom is -0.479 e. The molecule has 0 saturated carbocycles. The highest BCUT2D eigenvalue weighted by molar-refractivity contribution is 5.81. The Morgan fingerprint density at radius 2 is 1.20 bits per heavy atom. The van der Waals surface area contributed by atoms with Crippen LogP contribution in [0.2, 0.25) is 0 Å². The first-order chi connectivity index (χ1) is 28.3. The second-order valence-electron chi connectivity index (χ2n) is 16.7.